The van der Waals surface area contributed by atoms with Gasteiger partial charge >= 0.3 is 0 Å². The second kappa shape index (κ2) is 3.67. The first-order valence-electron chi connectivity index (χ1n) is 3.78. The van der Waals surface area contributed by atoms with E-state index in [0.717, 1.165) is 0 Å². The zero-order valence-electron chi connectivity index (χ0n) is 6.89. The number of Topliss-reactive ketones (excluding diaryl/α,β-unsaturated/α-hetero) is 1. The van der Waals surface area contributed by atoms with E-state index < -0.39 is 0 Å². The van der Waals surface area contributed by atoms with Crippen LogP contribution in [-0.2, 0) is 11.2 Å². The molecule has 0 bridgehead atoms. The van der Waals surface area contributed by atoms with Crippen molar-refractivity contribution in [3.8, 4) is 0 Å². The average molecular weight is 168 g/mol. The van der Waals surface area contributed by atoms with Gasteiger partial charge in [-0.05, 0) is 23.9 Å². The lowest BCUT2D eigenvalue weighted by molar-refractivity contribution is -0.118. The van der Waals surface area contributed by atoms with Crippen LogP contribution < -0.4 is 0 Å². The van der Waals surface area contributed by atoms with Gasteiger partial charge in [0.1, 0.15) is 5.78 Å². The molecule has 0 spiro atoms. The third-order valence-electron chi connectivity index (χ3n) is 1.72. The van der Waals surface area contributed by atoms with Crippen molar-refractivity contribution < 1.29 is 4.79 Å². The van der Waals surface area contributed by atoms with Gasteiger partial charge in [0.25, 0.3) is 0 Å². The number of carbonyl (C=O) groups is 1. The Bertz CT molecular complexity index is 250. The zero-order valence-corrected chi connectivity index (χ0v) is 7.70. The van der Waals surface area contributed by atoms with Gasteiger partial charge in [-0.15, -0.1) is 11.3 Å². The van der Waals surface area contributed by atoms with E-state index in [2.05, 4.69) is 13.0 Å². The summed E-state index contributed by atoms with van der Waals surface area (Å²) in [6.07, 6.45) is 1.28. The van der Waals surface area contributed by atoms with Crippen molar-refractivity contribution in [3.05, 3.63) is 21.9 Å². The predicted octanol–water partition coefficient (Wildman–Crippen LogP) is 2.58. The lowest BCUT2D eigenvalue weighted by Crippen LogP contribution is -1.99. The first-order chi connectivity index (χ1) is 5.24. The second-order valence-electron chi connectivity index (χ2n) is 2.60. The number of thiophene rings is 1. The Morgan fingerprint density at radius 1 is 1.64 bits per heavy atom. The Balaban J connectivity index is 2.64. The van der Waals surface area contributed by atoms with Gasteiger partial charge in [-0.3, -0.25) is 4.79 Å². The van der Waals surface area contributed by atoms with Crippen LogP contribution in [0.4, 0.5) is 0 Å². The Labute approximate surface area is 71.1 Å². The van der Waals surface area contributed by atoms with Gasteiger partial charge in [-0.1, -0.05) is 6.92 Å². The first-order valence-corrected chi connectivity index (χ1v) is 4.66. The quantitative estimate of drug-likeness (QED) is 0.678. The molecule has 11 heavy (non-hydrogen) atoms. The number of rotatable bonds is 3. The summed E-state index contributed by atoms with van der Waals surface area (Å²) in [5.74, 6) is 0.329. The van der Waals surface area contributed by atoms with Crippen LogP contribution in [-0.4, -0.2) is 5.78 Å². The van der Waals surface area contributed by atoms with Gasteiger partial charge in [0.2, 0.25) is 0 Å². The lowest BCUT2D eigenvalue weighted by atomic mass is 10.1. The molecule has 0 aliphatic heterocycles. The number of carbonyl (C=O) groups excluding carboxylic acids is 1. The highest BCUT2D eigenvalue weighted by Gasteiger charge is 2.04. The molecule has 1 nitrogen and oxygen atoms in total. The van der Waals surface area contributed by atoms with Crippen LogP contribution in [0.25, 0.3) is 0 Å². The number of aryl methyl sites for hydroxylation is 1. The van der Waals surface area contributed by atoms with Crippen LogP contribution in [0.5, 0.6) is 0 Å². The van der Waals surface area contributed by atoms with Crippen LogP contribution in [0.15, 0.2) is 11.4 Å². The van der Waals surface area contributed by atoms with Crippen LogP contribution in [0.1, 0.15) is 23.8 Å². The molecule has 0 unspecified atom stereocenters. The van der Waals surface area contributed by atoms with Gasteiger partial charge in [0.05, 0.1) is 0 Å². The largest absolute Gasteiger partial charge is 0.299 e. The van der Waals surface area contributed by atoms with Crippen LogP contribution in [0, 0.1) is 6.92 Å². The molecular formula is C9H12OS. The smallest absolute Gasteiger partial charge is 0.137 e. The van der Waals surface area contributed by atoms with Crippen molar-refractivity contribution in [3.63, 3.8) is 0 Å². The van der Waals surface area contributed by atoms with Crippen molar-refractivity contribution in [2.75, 3.05) is 0 Å². The van der Waals surface area contributed by atoms with Crippen molar-refractivity contribution in [1.29, 1.82) is 0 Å². The summed E-state index contributed by atoms with van der Waals surface area (Å²) in [7, 11) is 0. The highest BCUT2D eigenvalue weighted by Crippen LogP contribution is 2.16. The second-order valence-corrected chi connectivity index (χ2v) is 3.60. The van der Waals surface area contributed by atoms with Crippen molar-refractivity contribution >= 4 is 17.1 Å². The maximum Gasteiger partial charge on any atom is 0.137 e. The minimum atomic E-state index is 0.329. The van der Waals surface area contributed by atoms with E-state index in [1.54, 1.807) is 11.3 Å². The minimum absolute atomic E-state index is 0.329. The van der Waals surface area contributed by atoms with E-state index in [1.807, 2.05) is 12.3 Å². The first kappa shape index (κ1) is 8.47. The van der Waals surface area contributed by atoms with Crippen LogP contribution in [0.2, 0.25) is 0 Å². The standard InChI is InChI=1S/C9H12OS/c1-3-8(10)6-9-7(2)4-5-11-9/h4-5H,3,6H2,1-2H3. The molecular weight excluding hydrogens is 156 g/mol. The predicted molar refractivity (Wildman–Crippen MR) is 48.1 cm³/mol. The highest BCUT2D eigenvalue weighted by atomic mass is 32.1. The fourth-order valence-electron chi connectivity index (χ4n) is 0.889. The van der Waals surface area contributed by atoms with Crippen molar-refractivity contribution in [2.45, 2.75) is 26.7 Å². The van der Waals surface area contributed by atoms with E-state index in [-0.39, 0.29) is 0 Å². The number of hydrogen-bond donors (Lipinski definition) is 0. The van der Waals surface area contributed by atoms with E-state index >= 15 is 0 Å². The maximum atomic E-state index is 11.0. The van der Waals surface area contributed by atoms with E-state index in [0.29, 0.717) is 18.6 Å². The molecule has 0 N–H and O–H groups in total. The minimum Gasteiger partial charge on any atom is -0.299 e. The molecule has 60 valence electrons. The van der Waals surface area contributed by atoms with E-state index in [9.17, 15) is 4.79 Å². The Kier molecular flexibility index (Phi) is 2.83. The molecule has 1 aromatic rings. The molecule has 0 atom stereocenters. The molecule has 0 saturated carbocycles. The zero-order chi connectivity index (χ0) is 8.27. The molecule has 1 heterocycles. The summed E-state index contributed by atoms with van der Waals surface area (Å²) in [4.78, 5) is 12.3. The van der Waals surface area contributed by atoms with Gasteiger partial charge in [0, 0.05) is 17.7 Å². The Morgan fingerprint density at radius 3 is 2.82 bits per heavy atom. The number of ketones is 1. The molecule has 1 aromatic heterocycles. The molecule has 0 aliphatic carbocycles. The summed E-state index contributed by atoms with van der Waals surface area (Å²) in [5.41, 5.74) is 1.25. The summed E-state index contributed by atoms with van der Waals surface area (Å²) in [6, 6.07) is 2.06. The summed E-state index contributed by atoms with van der Waals surface area (Å²) >= 11 is 1.67. The molecule has 0 fully saturated rings. The maximum absolute atomic E-state index is 11.0. The fraction of sp³-hybridized carbons (Fsp3) is 0.444. The molecule has 2 heteroatoms. The summed E-state index contributed by atoms with van der Waals surface area (Å²) in [6.45, 7) is 3.96. The summed E-state index contributed by atoms with van der Waals surface area (Å²) in [5, 5.41) is 2.04. The lowest BCUT2D eigenvalue weighted by Gasteiger charge is -1.95. The Morgan fingerprint density at radius 2 is 2.36 bits per heavy atom. The third-order valence-corrected chi connectivity index (χ3v) is 2.74. The SMILES string of the molecule is CCC(=O)Cc1sccc1C. The van der Waals surface area contributed by atoms with E-state index in [4.69, 9.17) is 0 Å². The van der Waals surface area contributed by atoms with Gasteiger partial charge in [0.15, 0.2) is 0 Å². The van der Waals surface area contributed by atoms with Crippen LogP contribution >= 0.6 is 11.3 Å². The molecule has 0 aliphatic rings. The number of hydrogen-bond acceptors (Lipinski definition) is 2. The van der Waals surface area contributed by atoms with Crippen LogP contribution in [0.3, 0.4) is 0 Å². The summed E-state index contributed by atoms with van der Waals surface area (Å²) < 4.78 is 0. The van der Waals surface area contributed by atoms with Gasteiger partial charge in [-0.2, -0.15) is 0 Å². The molecule has 0 aromatic carbocycles. The Hall–Kier alpha value is -0.630. The molecule has 1 rings (SSSR count). The highest BCUT2D eigenvalue weighted by molar-refractivity contribution is 7.10. The normalized spacial score (nSPS) is 10.0. The monoisotopic (exact) mass is 168 g/mol. The van der Waals surface area contributed by atoms with Crippen molar-refractivity contribution in [1.82, 2.24) is 0 Å². The molecule has 0 saturated heterocycles. The molecule has 0 radical (unpaired) electrons. The third kappa shape index (κ3) is 2.15. The van der Waals surface area contributed by atoms with Gasteiger partial charge < -0.3 is 0 Å². The van der Waals surface area contributed by atoms with Crippen molar-refractivity contribution in [2.24, 2.45) is 0 Å². The molecule has 0 amide bonds. The van der Waals surface area contributed by atoms with Gasteiger partial charge in [-0.25, -0.2) is 0 Å². The average Bonchev–Trinajstić information content (AvgIpc) is 2.37. The topological polar surface area (TPSA) is 17.1 Å². The fourth-order valence-corrected chi connectivity index (χ4v) is 1.82. The van der Waals surface area contributed by atoms with E-state index in [1.165, 1.54) is 10.4 Å².